The molecule has 3 aromatic rings. The van der Waals surface area contributed by atoms with E-state index in [1.54, 1.807) is 30.7 Å². The maximum Gasteiger partial charge on any atom is 0.283 e. The first-order chi connectivity index (χ1) is 11.6. The van der Waals surface area contributed by atoms with E-state index in [0.29, 0.717) is 27.7 Å². The van der Waals surface area contributed by atoms with Gasteiger partial charge in [0, 0.05) is 21.7 Å². The Kier molecular flexibility index (Phi) is 4.87. The minimum Gasteiger partial charge on any atom is -0.496 e. The molecule has 0 radical (unpaired) electrons. The van der Waals surface area contributed by atoms with Gasteiger partial charge in [0.2, 0.25) is 0 Å². The van der Waals surface area contributed by atoms with Crippen molar-refractivity contribution in [2.75, 3.05) is 7.11 Å². The van der Waals surface area contributed by atoms with E-state index in [0.717, 1.165) is 10.4 Å². The lowest BCUT2D eigenvalue weighted by atomic mass is 10.2. The van der Waals surface area contributed by atoms with Crippen molar-refractivity contribution >= 4 is 28.8 Å². The summed E-state index contributed by atoms with van der Waals surface area (Å²) in [5.41, 5.74) is 1.34. The molecule has 124 valence electrons. The highest BCUT2D eigenvalue weighted by Crippen LogP contribution is 2.23. The lowest BCUT2D eigenvalue weighted by molar-refractivity contribution is 0.0995. The molecule has 7 heteroatoms. The summed E-state index contributed by atoms with van der Waals surface area (Å²) < 4.78 is 12.2. The number of carbonyl (C=O) groups excluding carboxylic acids is 1. The maximum absolute atomic E-state index is 12.6. The van der Waals surface area contributed by atoms with Crippen LogP contribution in [0.5, 0.6) is 5.75 Å². The van der Waals surface area contributed by atoms with E-state index >= 15 is 0 Å². The molecule has 0 aliphatic carbocycles. The van der Waals surface area contributed by atoms with E-state index in [1.165, 1.54) is 18.4 Å². The highest BCUT2D eigenvalue weighted by atomic mass is 35.5. The van der Waals surface area contributed by atoms with Crippen LogP contribution in [0.25, 0.3) is 0 Å². The smallest absolute Gasteiger partial charge is 0.283 e. The summed E-state index contributed by atoms with van der Waals surface area (Å²) in [4.78, 5) is 18.5. The lowest BCUT2D eigenvalue weighted by Crippen LogP contribution is -2.17. The number of thiazole rings is 1. The van der Waals surface area contributed by atoms with E-state index in [1.807, 2.05) is 23.8 Å². The Morgan fingerprint density at radius 2 is 2.25 bits per heavy atom. The van der Waals surface area contributed by atoms with Gasteiger partial charge in [-0.3, -0.25) is 4.79 Å². The van der Waals surface area contributed by atoms with Crippen LogP contribution < -0.4 is 9.54 Å². The molecule has 0 bridgehead atoms. The zero-order valence-electron chi connectivity index (χ0n) is 13.2. The zero-order chi connectivity index (χ0) is 17.1. The molecular formula is C17H15ClN2O3S. The molecule has 0 atom stereocenters. The Morgan fingerprint density at radius 3 is 2.96 bits per heavy atom. The number of hydrogen-bond donors (Lipinski definition) is 0. The molecule has 0 aliphatic rings. The van der Waals surface area contributed by atoms with Crippen molar-refractivity contribution in [1.82, 2.24) is 4.57 Å². The number of carbonyl (C=O) groups is 1. The average Bonchev–Trinajstić information content (AvgIpc) is 3.18. The Morgan fingerprint density at radius 1 is 1.42 bits per heavy atom. The molecule has 24 heavy (non-hydrogen) atoms. The number of aryl methyl sites for hydroxylation is 1. The first-order valence-corrected chi connectivity index (χ1v) is 8.37. The van der Waals surface area contributed by atoms with Crippen molar-refractivity contribution in [3.05, 3.63) is 68.8 Å². The third-order valence-electron chi connectivity index (χ3n) is 3.36. The molecular weight excluding hydrogens is 348 g/mol. The van der Waals surface area contributed by atoms with Crippen molar-refractivity contribution < 1.29 is 13.9 Å². The van der Waals surface area contributed by atoms with E-state index < -0.39 is 5.91 Å². The number of furan rings is 1. The van der Waals surface area contributed by atoms with Crippen molar-refractivity contribution in [1.29, 1.82) is 0 Å². The van der Waals surface area contributed by atoms with Crippen LogP contribution in [0.1, 0.15) is 20.8 Å². The molecule has 5 nitrogen and oxygen atoms in total. The van der Waals surface area contributed by atoms with Crippen molar-refractivity contribution in [2.45, 2.75) is 13.5 Å². The van der Waals surface area contributed by atoms with E-state index in [2.05, 4.69) is 4.99 Å². The summed E-state index contributed by atoms with van der Waals surface area (Å²) in [5.74, 6) is 0.0555. The van der Waals surface area contributed by atoms with Crippen LogP contribution in [0.4, 0.5) is 0 Å². The average molecular weight is 363 g/mol. The van der Waals surface area contributed by atoms with Gasteiger partial charge in [-0.15, -0.1) is 11.3 Å². The summed E-state index contributed by atoms with van der Waals surface area (Å²) in [7, 11) is 1.51. The fourth-order valence-corrected chi connectivity index (χ4v) is 3.28. The SMILES string of the molecule is COc1ccc(Cl)cc1C(=O)/N=c1\sc(C)cn1Cc1ccoc1. The molecule has 1 amide bonds. The Hall–Kier alpha value is -2.31. The lowest BCUT2D eigenvalue weighted by Gasteiger charge is -2.05. The van der Waals surface area contributed by atoms with Gasteiger partial charge in [-0.05, 0) is 31.2 Å². The van der Waals surface area contributed by atoms with Gasteiger partial charge in [0.15, 0.2) is 4.80 Å². The number of amides is 1. The number of aromatic nitrogens is 1. The van der Waals surface area contributed by atoms with Gasteiger partial charge >= 0.3 is 0 Å². The van der Waals surface area contributed by atoms with E-state index in [-0.39, 0.29) is 0 Å². The summed E-state index contributed by atoms with van der Waals surface area (Å²) in [6, 6.07) is 6.77. The highest BCUT2D eigenvalue weighted by Gasteiger charge is 2.13. The third-order valence-corrected chi connectivity index (χ3v) is 4.53. The van der Waals surface area contributed by atoms with Crippen LogP contribution in [0.2, 0.25) is 5.02 Å². The summed E-state index contributed by atoms with van der Waals surface area (Å²) in [5, 5.41) is 0.461. The predicted molar refractivity (Wildman–Crippen MR) is 92.8 cm³/mol. The molecule has 0 spiro atoms. The molecule has 0 saturated heterocycles. The monoisotopic (exact) mass is 362 g/mol. The van der Waals surface area contributed by atoms with Gasteiger partial charge in [0.25, 0.3) is 5.91 Å². The zero-order valence-corrected chi connectivity index (χ0v) is 14.7. The number of nitrogens with zero attached hydrogens (tertiary/aromatic N) is 2. The van der Waals surface area contributed by atoms with Crippen LogP contribution in [-0.4, -0.2) is 17.6 Å². The number of halogens is 1. The number of benzene rings is 1. The summed E-state index contributed by atoms with van der Waals surface area (Å²) in [6.07, 6.45) is 5.25. The van der Waals surface area contributed by atoms with Crippen molar-refractivity contribution in [2.24, 2.45) is 4.99 Å². The molecule has 0 saturated carbocycles. The van der Waals surface area contributed by atoms with Crippen LogP contribution in [0.3, 0.4) is 0 Å². The first-order valence-electron chi connectivity index (χ1n) is 7.17. The van der Waals surface area contributed by atoms with Gasteiger partial charge in [0.05, 0.1) is 31.7 Å². The standard InChI is InChI=1S/C17H15ClN2O3S/c1-11-8-20(9-12-5-6-23-10-12)17(24-11)19-16(21)14-7-13(18)3-4-15(14)22-2/h3-8,10H,9H2,1-2H3/b19-17-. The molecule has 3 rings (SSSR count). The predicted octanol–water partition coefficient (Wildman–Crippen LogP) is 3.90. The molecule has 0 N–H and O–H groups in total. The van der Waals surface area contributed by atoms with E-state index in [9.17, 15) is 4.79 Å². The van der Waals surface area contributed by atoms with Crippen LogP contribution >= 0.6 is 22.9 Å². The third kappa shape index (κ3) is 3.60. The van der Waals surface area contributed by atoms with Crippen LogP contribution in [0.15, 0.2) is 52.4 Å². The van der Waals surface area contributed by atoms with Gasteiger partial charge in [0.1, 0.15) is 5.75 Å². The topological polar surface area (TPSA) is 56.7 Å². The van der Waals surface area contributed by atoms with Crippen LogP contribution in [0, 0.1) is 6.92 Å². The van der Waals surface area contributed by atoms with Gasteiger partial charge in [-0.25, -0.2) is 0 Å². The van der Waals surface area contributed by atoms with Gasteiger partial charge < -0.3 is 13.7 Å². The van der Waals surface area contributed by atoms with Gasteiger partial charge in [-0.1, -0.05) is 11.6 Å². The normalized spacial score (nSPS) is 11.7. The number of methoxy groups -OCH3 is 1. The Bertz CT molecular complexity index is 926. The van der Waals surface area contributed by atoms with Crippen molar-refractivity contribution in [3.63, 3.8) is 0 Å². The molecule has 0 fully saturated rings. The van der Waals surface area contributed by atoms with Crippen molar-refractivity contribution in [3.8, 4) is 5.75 Å². The summed E-state index contributed by atoms with van der Waals surface area (Å²) >= 11 is 7.44. The molecule has 2 aromatic heterocycles. The van der Waals surface area contributed by atoms with E-state index in [4.69, 9.17) is 20.8 Å². The fraction of sp³-hybridized carbons (Fsp3) is 0.176. The second kappa shape index (κ2) is 7.07. The molecule has 0 unspecified atom stereocenters. The Labute approximate surface area is 147 Å². The maximum atomic E-state index is 12.6. The molecule has 1 aromatic carbocycles. The van der Waals surface area contributed by atoms with Crippen LogP contribution in [-0.2, 0) is 6.54 Å². The minimum atomic E-state index is -0.392. The van der Waals surface area contributed by atoms with Gasteiger partial charge in [-0.2, -0.15) is 4.99 Å². The molecule has 2 heterocycles. The first kappa shape index (κ1) is 16.5. The minimum absolute atomic E-state index is 0.339. The highest BCUT2D eigenvalue weighted by molar-refractivity contribution is 7.09. The quantitative estimate of drug-likeness (QED) is 0.707. The molecule has 0 aliphatic heterocycles. The fourth-order valence-electron chi connectivity index (χ4n) is 2.28. The summed E-state index contributed by atoms with van der Waals surface area (Å²) in [6.45, 7) is 2.56. The number of hydrogen-bond acceptors (Lipinski definition) is 4. The second-order valence-corrected chi connectivity index (χ2v) is 6.80. The second-order valence-electron chi connectivity index (χ2n) is 5.15. The largest absolute Gasteiger partial charge is 0.496 e. The Balaban J connectivity index is 1.99. The number of rotatable bonds is 4. The number of ether oxygens (including phenoxy) is 1.